The first-order valence-electron chi connectivity index (χ1n) is 8.00. The van der Waals surface area contributed by atoms with E-state index in [-0.39, 0.29) is 18.5 Å². The van der Waals surface area contributed by atoms with Gasteiger partial charge in [-0.25, -0.2) is 0 Å². The van der Waals surface area contributed by atoms with Crippen molar-refractivity contribution in [3.05, 3.63) is 35.9 Å². The van der Waals surface area contributed by atoms with Crippen LogP contribution in [-0.4, -0.2) is 56.8 Å². The van der Waals surface area contributed by atoms with Crippen LogP contribution in [0, 0.1) is 0 Å². The smallest absolute Gasteiger partial charge is 0.355 e. The van der Waals surface area contributed by atoms with Crippen LogP contribution in [0.1, 0.15) is 25.3 Å². The van der Waals surface area contributed by atoms with Crippen LogP contribution < -0.4 is 10.6 Å². The van der Waals surface area contributed by atoms with Crippen molar-refractivity contribution in [3.63, 3.8) is 0 Å². The summed E-state index contributed by atoms with van der Waals surface area (Å²) in [4.78, 5) is 5.36. The number of hydrogen-bond acceptors (Lipinski definition) is 2. The topological polar surface area (TPSA) is 39.7 Å². The van der Waals surface area contributed by atoms with E-state index in [1.54, 1.807) is 7.05 Å². The van der Waals surface area contributed by atoms with Gasteiger partial charge in [0.05, 0.1) is 6.54 Å². The predicted octanol–water partition coefficient (Wildman–Crippen LogP) is 2.84. The van der Waals surface area contributed by atoms with E-state index in [1.165, 1.54) is 17.5 Å². The van der Waals surface area contributed by atoms with Gasteiger partial charge in [0.2, 0.25) is 0 Å². The molecular formula is C17H27F3N4. The molecule has 136 valence electrons. The van der Waals surface area contributed by atoms with Crippen molar-refractivity contribution < 1.29 is 13.2 Å². The Bertz CT molecular complexity index is 502. The number of alkyl halides is 3. The zero-order valence-electron chi connectivity index (χ0n) is 14.7. The van der Waals surface area contributed by atoms with Gasteiger partial charge in [0.25, 0.3) is 0 Å². The van der Waals surface area contributed by atoms with Crippen LogP contribution in [0.4, 0.5) is 13.2 Å². The van der Waals surface area contributed by atoms with Gasteiger partial charge in [-0.05, 0) is 19.5 Å². The number of benzene rings is 1. The zero-order valence-corrected chi connectivity index (χ0v) is 14.7. The van der Waals surface area contributed by atoms with E-state index in [1.807, 2.05) is 18.2 Å². The standard InChI is InChI=1S/C17H27F3N4/c1-13(15-8-6-5-7-9-15)14(2)23-16(21-3)22-10-11-24(4)12-17(18,19)20/h5-9,13-14H,10-12H2,1-4H3,(H2,21,22,23). The number of rotatable bonds is 7. The number of nitrogens with one attached hydrogen (secondary N) is 2. The molecule has 2 N–H and O–H groups in total. The largest absolute Gasteiger partial charge is 0.401 e. The van der Waals surface area contributed by atoms with Crippen molar-refractivity contribution in [1.29, 1.82) is 0 Å². The summed E-state index contributed by atoms with van der Waals surface area (Å²) >= 11 is 0. The van der Waals surface area contributed by atoms with Crippen molar-refractivity contribution in [2.45, 2.75) is 32.0 Å². The lowest BCUT2D eigenvalue weighted by molar-refractivity contribution is -0.142. The Kier molecular flexibility index (Phi) is 8.04. The van der Waals surface area contributed by atoms with Crippen LogP contribution in [0.2, 0.25) is 0 Å². The second-order valence-electron chi connectivity index (χ2n) is 5.98. The van der Waals surface area contributed by atoms with E-state index in [4.69, 9.17) is 0 Å². The Hall–Kier alpha value is -1.76. The molecule has 0 aliphatic rings. The van der Waals surface area contributed by atoms with E-state index in [0.717, 1.165) is 0 Å². The minimum atomic E-state index is -4.17. The Labute approximate surface area is 142 Å². The Morgan fingerprint density at radius 2 is 1.83 bits per heavy atom. The maximum atomic E-state index is 12.3. The first-order valence-corrected chi connectivity index (χ1v) is 8.00. The highest BCUT2D eigenvalue weighted by atomic mass is 19.4. The molecule has 0 aromatic heterocycles. The molecular weight excluding hydrogens is 317 g/mol. The van der Waals surface area contributed by atoms with Gasteiger partial charge in [-0.1, -0.05) is 37.3 Å². The van der Waals surface area contributed by atoms with Gasteiger partial charge in [-0.3, -0.25) is 9.89 Å². The molecule has 0 heterocycles. The lowest BCUT2D eigenvalue weighted by Gasteiger charge is -2.25. The Balaban J connectivity index is 2.42. The molecule has 1 rings (SSSR count). The average molecular weight is 344 g/mol. The monoisotopic (exact) mass is 344 g/mol. The number of halogens is 3. The third-order valence-electron chi connectivity index (χ3n) is 3.90. The van der Waals surface area contributed by atoms with E-state index in [0.29, 0.717) is 12.5 Å². The van der Waals surface area contributed by atoms with Crippen LogP contribution in [0.25, 0.3) is 0 Å². The molecule has 2 unspecified atom stereocenters. The molecule has 0 spiro atoms. The zero-order chi connectivity index (χ0) is 18.2. The summed E-state index contributed by atoms with van der Waals surface area (Å²) in [5.41, 5.74) is 1.22. The number of hydrogen-bond donors (Lipinski definition) is 2. The lowest BCUT2D eigenvalue weighted by Crippen LogP contribution is -2.46. The van der Waals surface area contributed by atoms with Gasteiger partial charge in [0.15, 0.2) is 5.96 Å². The predicted molar refractivity (Wildman–Crippen MR) is 92.4 cm³/mol. The van der Waals surface area contributed by atoms with Crippen LogP contribution in [0.3, 0.4) is 0 Å². The van der Waals surface area contributed by atoms with Crippen LogP contribution >= 0.6 is 0 Å². The molecule has 0 aliphatic carbocycles. The summed E-state index contributed by atoms with van der Waals surface area (Å²) in [6, 6.07) is 10.3. The fraction of sp³-hybridized carbons (Fsp3) is 0.588. The maximum Gasteiger partial charge on any atom is 0.401 e. The fourth-order valence-electron chi connectivity index (χ4n) is 2.33. The number of aliphatic imine (C=N–C) groups is 1. The van der Waals surface area contributed by atoms with Crippen molar-refractivity contribution in [2.24, 2.45) is 4.99 Å². The summed E-state index contributed by atoms with van der Waals surface area (Å²) in [5, 5.41) is 6.34. The van der Waals surface area contributed by atoms with Crippen LogP contribution in [0.15, 0.2) is 35.3 Å². The maximum absolute atomic E-state index is 12.3. The van der Waals surface area contributed by atoms with Gasteiger partial charge in [0.1, 0.15) is 0 Å². The molecule has 0 saturated heterocycles. The van der Waals surface area contributed by atoms with E-state index in [9.17, 15) is 13.2 Å². The molecule has 4 nitrogen and oxygen atoms in total. The average Bonchev–Trinajstić information content (AvgIpc) is 2.52. The summed E-state index contributed by atoms with van der Waals surface area (Å²) in [6.45, 7) is 3.93. The molecule has 1 aromatic rings. The molecule has 1 aromatic carbocycles. The molecule has 2 atom stereocenters. The van der Waals surface area contributed by atoms with Crippen molar-refractivity contribution in [3.8, 4) is 0 Å². The van der Waals surface area contributed by atoms with Crippen molar-refractivity contribution in [2.75, 3.05) is 33.7 Å². The number of likely N-dealkylation sites (N-methyl/N-ethyl adjacent to an activating group) is 1. The molecule has 0 saturated carbocycles. The highest BCUT2D eigenvalue weighted by molar-refractivity contribution is 5.80. The summed E-state index contributed by atoms with van der Waals surface area (Å²) in [6.07, 6.45) is -4.17. The van der Waals surface area contributed by atoms with E-state index >= 15 is 0 Å². The molecule has 0 amide bonds. The van der Waals surface area contributed by atoms with Crippen molar-refractivity contribution in [1.82, 2.24) is 15.5 Å². The third kappa shape index (κ3) is 7.68. The summed E-state index contributed by atoms with van der Waals surface area (Å²) in [5.74, 6) is 0.864. The second-order valence-corrected chi connectivity index (χ2v) is 5.98. The first-order chi connectivity index (χ1) is 11.2. The molecule has 0 fully saturated rings. The normalized spacial score (nSPS) is 15.2. The number of guanidine groups is 1. The SMILES string of the molecule is CN=C(NCCN(C)CC(F)(F)F)NC(C)C(C)c1ccccc1. The molecule has 0 aliphatic heterocycles. The minimum absolute atomic E-state index is 0.131. The first kappa shape index (κ1) is 20.3. The highest BCUT2D eigenvalue weighted by Crippen LogP contribution is 2.18. The Morgan fingerprint density at radius 3 is 2.38 bits per heavy atom. The molecule has 24 heavy (non-hydrogen) atoms. The van der Waals surface area contributed by atoms with E-state index in [2.05, 4.69) is 41.6 Å². The number of nitrogens with zero attached hydrogens (tertiary/aromatic N) is 2. The highest BCUT2D eigenvalue weighted by Gasteiger charge is 2.28. The summed E-state index contributed by atoms with van der Waals surface area (Å²) < 4.78 is 36.8. The van der Waals surface area contributed by atoms with Gasteiger partial charge >= 0.3 is 6.18 Å². The minimum Gasteiger partial charge on any atom is -0.355 e. The fourth-order valence-corrected chi connectivity index (χ4v) is 2.33. The quantitative estimate of drug-likeness (QED) is 0.590. The van der Waals surface area contributed by atoms with Crippen LogP contribution in [-0.2, 0) is 0 Å². The molecule has 0 bridgehead atoms. The Morgan fingerprint density at radius 1 is 1.21 bits per heavy atom. The van der Waals surface area contributed by atoms with Gasteiger partial charge in [-0.2, -0.15) is 13.2 Å². The molecule has 0 radical (unpaired) electrons. The van der Waals surface area contributed by atoms with Crippen molar-refractivity contribution >= 4 is 5.96 Å². The second kappa shape index (κ2) is 9.52. The summed E-state index contributed by atoms with van der Waals surface area (Å²) in [7, 11) is 3.10. The lowest BCUT2D eigenvalue weighted by atomic mass is 9.94. The molecule has 7 heteroatoms. The third-order valence-corrected chi connectivity index (χ3v) is 3.90. The van der Waals surface area contributed by atoms with Crippen LogP contribution in [0.5, 0.6) is 0 Å². The van der Waals surface area contributed by atoms with Gasteiger partial charge in [0, 0.05) is 32.1 Å². The van der Waals surface area contributed by atoms with Gasteiger partial charge < -0.3 is 10.6 Å². The van der Waals surface area contributed by atoms with Gasteiger partial charge in [-0.15, -0.1) is 0 Å². The van der Waals surface area contributed by atoms with E-state index < -0.39 is 12.7 Å².